The van der Waals surface area contributed by atoms with Gasteiger partial charge in [-0.15, -0.1) is 0 Å². The van der Waals surface area contributed by atoms with E-state index in [0.717, 1.165) is 10.7 Å². The largest absolute Gasteiger partial charge is 0.392 e. The van der Waals surface area contributed by atoms with Gasteiger partial charge < -0.3 is 11.1 Å². The first-order valence-corrected chi connectivity index (χ1v) is 7.72. The number of thiocarbonyl (C=S) groups is 1. The van der Waals surface area contributed by atoms with Crippen LogP contribution in [0.3, 0.4) is 0 Å². The van der Waals surface area contributed by atoms with Crippen molar-refractivity contribution >= 4 is 33.1 Å². The van der Waals surface area contributed by atoms with Gasteiger partial charge in [-0.3, -0.25) is 4.79 Å². The summed E-state index contributed by atoms with van der Waals surface area (Å²) in [7, 11) is -0.378. The van der Waals surface area contributed by atoms with Gasteiger partial charge in [0.15, 0.2) is 0 Å². The Balaban J connectivity index is 2.50. The normalized spacial score (nSPS) is 18.2. The minimum Gasteiger partial charge on any atom is -0.392 e. The van der Waals surface area contributed by atoms with Crippen LogP contribution in [0.5, 0.6) is 0 Å². The quantitative estimate of drug-likeness (QED) is 0.641. The third-order valence-electron chi connectivity index (χ3n) is 3.32. The maximum absolute atomic E-state index is 12.0. The molecule has 1 rings (SSSR count). The number of nitrogens with one attached hydrogen (secondary N) is 1. The van der Waals surface area contributed by atoms with Gasteiger partial charge in [-0.25, -0.2) is 12.7 Å². The summed E-state index contributed by atoms with van der Waals surface area (Å²) in [6.45, 7) is 0.0731. The molecule has 0 bridgehead atoms. The number of nitrogens with zero attached hydrogens (tertiary/aromatic N) is 1. The second-order valence-electron chi connectivity index (χ2n) is 4.65. The topological polar surface area (TPSA) is 92.5 Å². The van der Waals surface area contributed by atoms with Crippen LogP contribution in [-0.2, 0) is 14.8 Å². The highest BCUT2D eigenvalue weighted by Gasteiger charge is 2.46. The zero-order chi connectivity index (χ0) is 14.0. The van der Waals surface area contributed by atoms with Gasteiger partial charge in [-0.1, -0.05) is 18.6 Å². The molecule has 0 aromatic heterocycles. The molecule has 0 aromatic carbocycles. The average molecular weight is 293 g/mol. The van der Waals surface area contributed by atoms with E-state index in [2.05, 4.69) is 5.32 Å². The average Bonchev–Trinajstić information content (AvgIpc) is 2.14. The summed E-state index contributed by atoms with van der Waals surface area (Å²) < 4.78 is 24.1. The van der Waals surface area contributed by atoms with E-state index >= 15 is 0 Å². The van der Waals surface area contributed by atoms with Gasteiger partial charge in [-0.05, 0) is 12.8 Å². The molecule has 0 radical (unpaired) electrons. The molecule has 1 saturated carbocycles. The van der Waals surface area contributed by atoms with Crippen LogP contribution in [0.4, 0.5) is 0 Å². The van der Waals surface area contributed by atoms with Gasteiger partial charge in [0.1, 0.15) is 0 Å². The molecule has 104 valence electrons. The number of nitrogens with two attached hydrogens (primary N) is 1. The van der Waals surface area contributed by atoms with Gasteiger partial charge in [0, 0.05) is 20.6 Å². The van der Waals surface area contributed by atoms with Crippen LogP contribution in [0.15, 0.2) is 0 Å². The summed E-state index contributed by atoms with van der Waals surface area (Å²) in [5.41, 5.74) is 4.83. The van der Waals surface area contributed by atoms with E-state index in [4.69, 9.17) is 18.0 Å². The highest BCUT2D eigenvalue weighted by atomic mass is 32.2. The van der Waals surface area contributed by atoms with Crippen LogP contribution in [0, 0.1) is 5.41 Å². The Morgan fingerprint density at radius 1 is 1.44 bits per heavy atom. The zero-order valence-electron chi connectivity index (χ0n) is 10.6. The molecule has 1 aliphatic carbocycles. The molecule has 18 heavy (non-hydrogen) atoms. The minimum atomic E-state index is -3.29. The number of hydrogen-bond donors (Lipinski definition) is 2. The standard InChI is InChI=1S/C10H19N3O3S2/c1-13(2)18(15,16)7-6-12-9(14)10(8(11)17)4-3-5-10/h3-7H2,1-2H3,(H2,11,17)(H,12,14). The molecule has 3 N–H and O–H groups in total. The van der Waals surface area contributed by atoms with Crippen LogP contribution in [0.2, 0.25) is 0 Å². The fourth-order valence-electron chi connectivity index (χ4n) is 1.76. The number of carbonyl (C=O) groups excluding carboxylic acids is 1. The number of sulfonamides is 1. The second-order valence-corrected chi connectivity index (χ2v) is 7.40. The fourth-order valence-corrected chi connectivity index (χ4v) is 2.78. The van der Waals surface area contributed by atoms with Gasteiger partial charge in [0.25, 0.3) is 0 Å². The molecule has 8 heteroatoms. The molecule has 0 spiro atoms. The SMILES string of the molecule is CN(C)S(=O)(=O)CCNC(=O)C1(C(N)=S)CCC1. The first kappa shape index (κ1) is 15.3. The maximum Gasteiger partial charge on any atom is 0.233 e. The minimum absolute atomic E-state index is 0.0731. The molecule has 0 atom stereocenters. The molecule has 0 aliphatic heterocycles. The number of carbonyl (C=O) groups is 1. The smallest absolute Gasteiger partial charge is 0.233 e. The molecule has 1 fully saturated rings. The summed E-state index contributed by atoms with van der Waals surface area (Å²) in [4.78, 5) is 12.2. The molecular formula is C10H19N3O3S2. The lowest BCUT2D eigenvalue weighted by molar-refractivity contribution is -0.130. The summed E-state index contributed by atoms with van der Waals surface area (Å²) in [6.07, 6.45) is 2.21. The van der Waals surface area contributed by atoms with Crippen LogP contribution in [0.1, 0.15) is 19.3 Å². The van der Waals surface area contributed by atoms with Crippen molar-refractivity contribution in [3.8, 4) is 0 Å². The predicted molar refractivity (Wildman–Crippen MR) is 73.6 cm³/mol. The lowest BCUT2D eigenvalue weighted by Crippen LogP contribution is -2.53. The van der Waals surface area contributed by atoms with Gasteiger partial charge in [0.05, 0.1) is 16.2 Å². The first-order valence-electron chi connectivity index (χ1n) is 5.71. The fraction of sp³-hybridized carbons (Fsp3) is 0.800. The molecule has 1 aliphatic rings. The summed E-state index contributed by atoms with van der Waals surface area (Å²) in [5, 5.41) is 2.61. The van der Waals surface area contributed by atoms with E-state index in [-0.39, 0.29) is 23.2 Å². The van der Waals surface area contributed by atoms with Crippen molar-refractivity contribution in [2.45, 2.75) is 19.3 Å². The number of hydrogen-bond acceptors (Lipinski definition) is 4. The predicted octanol–water partition coefficient (Wildman–Crippen LogP) is -0.550. The summed E-state index contributed by atoms with van der Waals surface area (Å²) in [5.74, 6) is -0.380. The van der Waals surface area contributed by atoms with E-state index in [1.165, 1.54) is 14.1 Å². The van der Waals surface area contributed by atoms with Gasteiger partial charge >= 0.3 is 0 Å². The Labute approximate surface area is 113 Å². The third kappa shape index (κ3) is 2.99. The van der Waals surface area contributed by atoms with Crippen LogP contribution >= 0.6 is 12.2 Å². The lowest BCUT2D eigenvalue weighted by atomic mass is 9.68. The van der Waals surface area contributed by atoms with Crippen molar-refractivity contribution in [3.63, 3.8) is 0 Å². The molecular weight excluding hydrogens is 274 g/mol. The van der Waals surface area contributed by atoms with Gasteiger partial charge in [-0.2, -0.15) is 0 Å². The first-order chi connectivity index (χ1) is 8.22. The summed E-state index contributed by atoms with van der Waals surface area (Å²) in [6, 6.07) is 0. The zero-order valence-corrected chi connectivity index (χ0v) is 12.2. The maximum atomic E-state index is 12.0. The highest BCUT2D eigenvalue weighted by Crippen LogP contribution is 2.41. The Morgan fingerprint density at radius 2 is 2.00 bits per heavy atom. The van der Waals surface area contributed by atoms with Crippen molar-refractivity contribution in [2.75, 3.05) is 26.4 Å². The Bertz CT molecular complexity index is 441. The van der Waals surface area contributed by atoms with Crippen LogP contribution in [-0.4, -0.2) is 50.0 Å². The number of rotatable bonds is 6. The van der Waals surface area contributed by atoms with E-state index < -0.39 is 15.4 Å². The Kier molecular flexibility index (Phi) is 4.68. The number of amides is 1. The van der Waals surface area contributed by atoms with Crippen LogP contribution < -0.4 is 11.1 Å². The Morgan fingerprint density at radius 3 is 2.33 bits per heavy atom. The molecule has 0 aromatic rings. The summed E-state index contributed by atoms with van der Waals surface area (Å²) >= 11 is 4.91. The second kappa shape index (κ2) is 5.50. The monoisotopic (exact) mass is 293 g/mol. The lowest BCUT2D eigenvalue weighted by Gasteiger charge is -2.39. The molecule has 0 heterocycles. The Hall–Kier alpha value is -0.730. The third-order valence-corrected chi connectivity index (χ3v) is 5.54. The van der Waals surface area contributed by atoms with E-state index in [9.17, 15) is 13.2 Å². The van der Waals surface area contributed by atoms with Crippen molar-refractivity contribution in [3.05, 3.63) is 0 Å². The molecule has 6 nitrogen and oxygen atoms in total. The van der Waals surface area contributed by atoms with Crippen molar-refractivity contribution in [1.82, 2.24) is 9.62 Å². The van der Waals surface area contributed by atoms with Crippen molar-refractivity contribution in [2.24, 2.45) is 11.1 Å². The van der Waals surface area contributed by atoms with Crippen molar-refractivity contribution < 1.29 is 13.2 Å². The molecule has 1 amide bonds. The van der Waals surface area contributed by atoms with E-state index in [1.807, 2.05) is 0 Å². The van der Waals surface area contributed by atoms with Crippen LogP contribution in [0.25, 0.3) is 0 Å². The van der Waals surface area contributed by atoms with E-state index in [0.29, 0.717) is 12.8 Å². The van der Waals surface area contributed by atoms with Crippen molar-refractivity contribution in [1.29, 1.82) is 0 Å². The highest BCUT2D eigenvalue weighted by molar-refractivity contribution is 7.89. The van der Waals surface area contributed by atoms with E-state index in [1.54, 1.807) is 0 Å². The molecule has 0 unspecified atom stereocenters. The molecule has 0 saturated heterocycles. The van der Waals surface area contributed by atoms with Gasteiger partial charge in [0.2, 0.25) is 15.9 Å².